The summed E-state index contributed by atoms with van der Waals surface area (Å²) in [5, 5.41) is 0. The molecule has 12 nitrogen and oxygen atoms in total. The van der Waals surface area contributed by atoms with Gasteiger partial charge in [0.05, 0.1) is 19.8 Å². The van der Waals surface area contributed by atoms with Crippen LogP contribution >= 0.6 is 46.0 Å². The Balaban J connectivity index is 2.06. The number of methoxy groups -OCH3 is 1. The molecular weight excluding hydrogens is 592 g/mol. The highest BCUT2D eigenvalue weighted by Crippen LogP contribution is 2.35. The zero-order valence-corrected chi connectivity index (χ0v) is 18.3. The molecule has 14 heteroatoms. The van der Waals surface area contributed by atoms with Gasteiger partial charge in [0.25, 0.3) is 5.56 Å². The molecule has 0 radical (unpaired) electrons. The van der Waals surface area contributed by atoms with Crippen molar-refractivity contribution in [3.63, 3.8) is 0 Å². The van der Waals surface area contributed by atoms with E-state index in [4.69, 9.17) is 26.1 Å². The fourth-order valence-electron chi connectivity index (χ4n) is 2.93. The second-order valence-electron chi connectivity index (χ2n) is 5.67. The highest BCUT2D eigenvalue weighted by molar-refractivity contribution is 14.1. The van der Waals surface area contributed by atoms with Crippen LogP contribution in [-0.2, 0) is 20.3 Å². The van der Waals surface area contributed by atoms with Gasteiger partial charge in [-0.1, -0.05) is 0 Å². The number of halogens is 2. The number of fused-ring (bicyclic) bond motifs is 1. The van der Waals surface area contributed by atoms with Crippen molar-refractivity contribution >= 4 is 63.1 Å². The number of hydrogen-bond donors (Lipinski definition) is 3. The van der Waals surface area contributed by atoms with Crippen LogP contribution in [-0.4, -0.2) is 64.8 Å². The number of nitrogen functional groups attached to an aromatic ring is 1. The summed E-state index contributed by atoms with van der Waals surface area (Å²) < 4.78 is 28.7. The lowest BCUT2D eigenvalue weighted by atomic mass is 10.1. The van der Waals surface area contributed by atoms with Gasteiger partial charge < -0.3 is 26.1 Å². The molecule has 1 aliphatic heterocycles. The first-order valence-electron chi connectivity index (χ1n) is 7.78. The van der Waals surface area contributed by atoms with E-state index in [0.29, 0.717) is 6.61 Å². The van der Waals surface area contributed by atoms with Gasteiger partial charge in [0, 0.05) is 7.11 Å². The van der Waals surface area contributed by atoms with Gasteiger partial charge in [-0.25, -0.2) is 9.36 Å². The second kappa shape index (κ2) is 9.14. The first kappa shape index (κ1) is 20.9. The Morgan fingerprint density at radius 3 is 2.70 bits per heavy atom. The van der Waals surface area contributed by atoms with E-state index in [1.807, 2.05) is 0 Å². The molecule has 4 N–H and O–H groups in total. The van der Waals surface area contributed by atoms with Crippen LogP contribution < -0.4 is 17.0 Å². The van der Waals surface area contributed by atoms with Gasteiger partial charge in [-0.05, 0) is 0 Å². The minimum absolute atomic E-state index is 0.00558. The SMILES string of the molecule is COCCOC1C(OI)[C@@H](COI)O[C@H]1n1c(=O)[nH]c2c(=O)[nH]c(N)nc21. The summed E-state index contributed by atoms with van der Waals surface area (Å²) >= 11 is 3.50. The van der Waals surface area contributed by atoms with Crippen LogP contribution in [0.5, 0.6) is 0 Å². The molecule has 2 aromatic heterocycles. The van der Waals surface area contributed by atoms with E-state index >= 15 is 0 Å². The van der Waals surface area contributed by atoms with E-state index in [9.17, 15) is 9.59 Å². The molecule has 3 heterocycles. The summed E-state index contributed by atoms with van der Waals surface area (Å²) in [7, 11) is 1.55. The summed E-state index contributed by atoms with van der Waals surface area (Å²) in [6.07, 6.45) is -2.62. The van der Waals surface area contributed by atoms with Gasteiger partial charge in [0.1, 0.15) is 64.3 Å². The molecule has 1 aliphatic rings. The Morgan fingerprint density at radius 2 is 2.04 bits per heavy atom. The van der Waals surface area contributed by atoms with Gasteiger partial charge in [0.15, 0.2) is 17.4 Å². The van der Waals surface area contributed by atoms with E-state index in [2.05, 4.69) is 15.0 Å². The van der Waals surface area contributed by atoms with Crippen molar-refractivity contribution in [2.75, 3.05) is 32.7 Å². The third-order valence-corrected chi connectivity index (χ3v) is 5.01. The molecule has 1 saturated heterocycles. The van der Waals surface area contributed by atoms with Gasteiger partial charge in [-0.2, -0.15) is 4.98 Å². The maximum Gasteiger partial charge on any atom is 0.330 e. The maximum atomic E-state index is 12.6. The Labute approximate surface area is 180 Å². The van der Waals surface area contributed by atoms with Crippen LogP contribution in [0, 0.1) is 0 Å². The number of ether oxygens (including phenoxy) is 3. The number of hydrogen-bond acceptors (Lipinski definition) is 9. The van der Waals surface area contributed by atoms with Crippen molar-refractivity contribution in [1.82, 2.24) is 19.5 Å². The van der Waals surface area contributed by atoms with E-state index in [0.717, 1.165) is 0 Å². The monoisotopic (exact) mass is 609 g/mol. The summed E-state index contributed by atoms with van der Waals surface area (Å²) in [6.45, 7) is 0.809. The average Bonchev–Trinajstić information content (AvgIpc) is 3.12. The van der Waals surface area contributed by atoms with Crippen LogP contribution in [0.25, 0.3) is 11.2 Å². The van der Waals surface area contributed by atoms with Gasteiger partial charge in [-0.3, -0.25) is 14.8 Å². The number of nitrogens with two attached hydrogens (primary N) is 1. The lowest BCUT2D eigenvalue weighted by Gasteiger charge is -2.22. The van der Waals surface area contributed by atoms with Crippen molar-refractivity contribution in [1.29, 1.82) is 0 Å². The van der Waals surface area contributed by atoms with Crippen LogP contribution in [0.4, 0.5) is 5.95 Å². The van der Waals surface area contributed by atoms with Crippen molar-refractivity contribution in [3.05, 3.63) is 20.8 Å². The molecule has 4 atom stereocenters. The molecule has 2 unspecified atom stereocenters. The summed E-state index contributed by atoms with van der Waals surface area (Å²) in [6, 6.07) is 0. The lowest BCUT2D eigenvalue weighted by molar-refractivity contribution is -0.0759. The molecule has 0 aromatic carbocycles. The molecule has 27 heavy (non-hydrogen) atoms. The van der Waals surface area contributed by atoms with Crippen molar-refractivity contribution in [2.24, 2.45) is 0 Å². The predicted molar refractivity (Wildman–Crippen MR) is 110 cm³/mol. The largest absolute Gasteiger partial charge is 0.382 e. The summed E-state index contributed by atoms with van der Waals surface area (Å²) in [5.41, 5.74) is 4.55. The number of rotatable bonds is 8. The molecule has 0 bridgehead atoms. The zero-order valence-electron chi connectivity index (χ0n) is 14.0. The third kappa shape index (κ3) is 4.15. The van der Waals surface area contributed by atoms with Crippen molar-refractivity contribution in [2.45, 2.75) is 24.5 Å². The minimum atomic E-state index is -0.909. The quantitative estimate of drug-likeness (QED) is 0.278. The fraction of sp³-hybridized carbons (Fsp3) is 0.615. The normalized spacial score (nSPS) is 25.4. The van der Waals surface area contributed by atoms with Crippen molar-refractivity contribution in [3.8, 4) is 0 Å². The summed E-state index contributed by atoms with van der Waals surface area (Å²) in [4.78, 5) is 33.5. The maximum absolute atomic E-state index is 12.6. The van der Waals surface area contributed by atoms with E-state index in [1.165, 1.54) is 4.57 Å². The second-order valence-corrected chi connectivity index (χ2v) is 6.80. The van der Waals surface area contributed by atoms with Crippen LogP contribution in [0.1, 0.15) is 6.23 Å². The Kier molecular flexibility index (Phi) is 7.08. The average molecular weight is 609 g/mol. The van der Waals surface area contributed by atoms with Gasteiger partial charge in [-0.15, -0.1) is 0 Å². The lowest BCUT2D eigenvalue weighted by Crippen LogP contribution is -2.38. The Hall–Kier alpha value is -0.790. The molecule has 0 amide bonds. The van der Waals surface area contributed by atoms with Crippen LogP contribution in [0.3, 0.4) is 0 Å². The molecule has 0 aliphatic carbocycles. The number of nitrogens with zero attached hydrogens (tertiary/aromatic N) is 2. The number of anilines is 1. The Morgan fingerprint density at radius 1 is 1.26 bits per heavy atom. The number of imidazole rings is 1. The van der Waals surface area contributed by atoms with E-state index in [-0.39, 0.29) is 30.3 Å². The molecule has 0 spiro atoms. The first-order valence-corrected chi connectivity index (χ1v) is 9.55. The predicted octanol–water partition coefficient (Wildman–Crippen LogP) is 0.0259. The van der Waals surface area contributed by atoms with Gasteiger partial charge in [0.2, 0.25) is 5.95 Å². The minimum Gasteiger partial charge on any atom is -0.382 e. The number of H-pyrrole nitrogens is 2. The number of nitrogens with one attached hydrogen (secondary N) is 2. The first-order chi connectivity index (χ1) is 13.0. The molecule has 3 rings (SSSR count). The number of aromatic amines is 2. The van der Waals surface area contributed by atoms with Crippen molar-refractivity contribution < 1.29 is 20.3 Å². The highest BCUT2D eigenvalue weighted by Gasteiger charge is 2.48. The summed E-state index contributed by atoms with van der Waals surface area (Å²) in [5.74, 6) is -0.121. The third-order valence-electron chi connectivity index (χ3n) is 4.07. The van der Waals surface area contributed by atoms with E-state index < -0.39 is 35.8 Å². The molecule has 2 aromatic rings. The standard InChI is InChI=1S/C13H17I2N5O7/c1-23-2-3-24-8-7(27-15)5(4-25-14)26-11(8)20-9-6(17-13(20)22)10(21)19-12(16)18-9/h5,7-8,11H,2-4H2,1H3,(H,17,22)(H3,16,18,19,21)/t5-,7?,8?,11-/m1/s1. The number of aromatic nitrogens is 4. The molecule has 1 fully saturated rings. The Bertz CT molecular complexity index is 899. The van der Waals surface area contributed by atoms with E-state index in [1.54, 1.807) is 53.1 Å². The van der Waals surface area contributed by atoms with Gasteiger partial charge >= 0.3 is 5.69 Å². The molecular formula is C13H17I2N5O7. The fourth-order valence-corrected chi connectivity index (χ4v) is 3.90. The van der Waals surface area contributed by atoms with Crippen LogP contribution in [0.2, 0.25) is 0 Å². The topological polar surface area (TPSA) is 156 Å². The highest BCUT2D eigenvalue weighted by atomic mass is 127. The molecule has 0 saturated carbocycles. The molecule has 150 valence electrons. The zero-order chi connectivity index (χ0) is 19.6. The smallest absolute Gasteiger partial charge is 0.330 e. The van der Waals surface area contributed by atoms with Crippen LogP contribution in [0.15, 0.2) is 9.59 Å².